The second kappa shape index (κ2) is 8.97. The van der Waals surface area contributed by atoms with Gasteiger partial charge in [-0.3, -0.25) is 4.68 Å². The molecule has 0 bridgehead atoms. The fourth-order valence-electron chi connectivity index (χ4n) is 3.48. The van der Waals surface area contributed by atoms with Gasteiger partial charge in [-0.05, 0) is 60.9 Å². The van der Waals surface area contributed by atoms with Gasteiger partial charge in [0.2, 0.25) is 5.95 Å². The minimum Gasteiger partial charge on any atom is -0.478 e. The van der Waals surface area contributed by atoms with Crippen LogP contribution in [0.1, 0.15) is 40.1 Å². The molecule has 2 aromatic heterocycles. The van der Waals surface area contributed by atoms with Crippen molar-refractivity contribution in [3.05, 3.63) is 89.5 Å². The summed E-state index contributed by atoms with van der Waals surface area (Å²) in [7, 11) is 0. The Morgan fingerprint density at radius 1 is 1.09 bits per heavy atom. The van der Waals surface area contributed by atoms with Crippen molar-refractivity contribution in [2.75, 3.05) is 5.32 Å². The molecule has 1 atom stereocenters. The van der Waals surface area contributed by atoms with E-state index in [2.05, 4.69) is 20.4 Å². The van der Waals surface area contributed by atoms with Crippen LogP contribution in [0.3, 0.4) is 0 Å². The maximum absolute atomic E-state index is 12.9. The Morgan fingerprint density at radius 2 is 1.82 bits per heavy atom. The molecule has 174 valence electrons. The third-order valence-electron chi connectivity index (χ3n) is 5.25. The number of carbonyl (C=O) groups is 1. The highest BCUT2D eigenvalue weighted by Crippen LogP contribution is 2.30. The van der Waals surface area contributed by atoms with E-state index in [0.717, 1.165) is 34.5 Å². The van der Waals surface area contributed by atoms with Crippen molar-refractivity contribution >= 4 is 17.6 Å². The van der Waals surface area contributed by atoms with E-state index in [1.807, 2.05) is 26.1 Å². The first kappa shape index (κ1) is 23.0. The van der Waals surface area contributed by atoms with Gasteiger partial charge < -0.3 is 10.4 Å². The number of alkyl halides is 3. The van der Waals surface area contributed by atoms with Gasteiger partial charge in [-0.2, -0.15) is 18.3 Å². The van der Waals surface area contributed by atoms with Crippen LogP contribution in [0.15, 0.2) is 67.1 Å². The number of aromatic carboxylic acids is 1. The largest absolute Gasteiger partial charge is 0.478 e. The summed E-state index contributed by atoms with van der Waals surface area (Å²) in [6.07, 6.45) is 0.0518. The average Bonchev–Trinajstić information content (AvgIpc) is 3.28. The Labute approximate surface area is 192 Å². The van der Waals surface area contributed by atoms with Crippen molar-refractivity contribution in [2.45, 2.75) is 26.1 Å². The summed E-state index contributed by atoms with van der Waals surface area (Å²) in [5.74, 6) is -1.14. The molecule has 0 saturated carbocycles. The zero-order valence-corrected chi connectivity index (χ0v) is 18.2. The second-order valence-electron chi connectivity index (χ2n) is 7.79. The molecule has 0 fully saturated rings. The summed E-state index contributed by atoms with van der Waals surface area (Å²) >= 11 is 0. The molecule has 7 nitrogen and oxygen atoms in total. The minimum atomic E-state index is -4.56. The molecule has 2 aromatic carbocycles. The highest BCUT2D eigenvalue weighted by Gasteiger charge is 2.32. The normalized spacial score (nSPS) is 12.4. The molecule has 2 N–H and O–H groups in total. The Balaban J connectivity index is 1.57. The maximum Gasteiger partial charge on any atom is 0.433 e. The summed E-state index contributed by atoms with van der Waals surface area (Å²) in [6, 6.07) is 12.8. The van der Waals surface area contributed by atoms with Crippen LogP contribution < -0.4 is 5.32 Å². The molecule has 34 heavy (non-hydrogen) atoms. The van der Waals surface area contributed by atoms with Crippen LogP contribution in [-0.4, -0.2) is 30.8 Å². The third-order valence-corrected chi connectivity index (χ3v) is 5.25. The molecular formula is C24H20F3N5O2. The molecule has 10 heteroatoms. The van der Waals surface area contributed by atoms with Crippen LogP contribution in [0, 0.1) is 6.92 Å². The van der Waals surface area contributed by atoms with Crippen LogP contribution in [-0.2, 0) is 6.18 Å². The lowest BCUT2D eigenvalue weighted by Crippen LogP contribution is -2.10. The first-order chi connectivity index (χ1) is 16.1. The number of hydrogen-bond donors (Lipinski definition) is 2. The SMILES string of the molecule is Cc1cc(Nc2nccc(C(F)(F)F)n2)cc(-c2cnn([C@@H](C)c3ccc(C(=O)O)cc3)c2)c1. The first-order valence-corrected chi connectivity index (χ1v) is 10.3. The first-order valence-electron chi connectivity index (χ1n) is 10.3. The summed E-state index contributed by atoms with van der Waals surface area (Å²) in [4.78, 5) is 18.5. The van der Waals surface area contributed by atoms with Gasteiger partial charge in [0.25, 0.3) is 0 Å². The monoisotopic (exact) mass is 467 g/mol. The maximum atomic E-state index is 12.9. The van der Waals surface area contributed by atoms with E-state index in [-0.39, 0.29) is 17.6 Å². The van der Waals surface area contributed by atoms with Crippen LogP contribution in [0.2, 0.25) is 0 Å². The van der Waals surface area contributed by atoms with Gasteiger partial charge in [-0.15, -0.1) is 0 Å². The molecule has 0 unspecified atom stereocenters. The molecule has 0 aliphatic rings. The Bertz CT molecular complexity index is 1330. The lowest BCUT2D eigenvalue weighted by Gasteiger charge is -2.13. The number of aryl methyl sites for hydroxylation is 1. The standard InChI is InChI=1S/C24H20F3N5O2/c1-14-9-18(11-20(10-14)30-23-28-8-7-21(31-23)24(25,26)27)19-12-29-32(13-19)15(2)16-3-5-17(6-4-16)22(33)34/h3-13,15H,1-2H3,(H,33,34)(H,28,30,31)/t15-/m0/s1. The van der Waals surface area contributed by atoms with E-state index in [1.54, 1.807) is 47.3 Å². The van der Waals surface area contributed by atoms with E-state index in [1.165, 1.54) is 0 Å². The number of nitrogens with one attached hydrogen (secondary N) is 1. The summed E-state index contributed by atoms with van der Waals surface area (Å²) in [6.45, 7) is 3.82. The topological polar surface area (TPSA) is 92.9 Å². The zero-order valence-electron chi connectivity index (χ0n) is 18.2. The number of anilines is 2. The fourth-order valence-corrected chi connectivity index (χ4v) is 3.48. The van der Waals surface area contributed by atoms with Crippen molar-refractivity contribution in [2.24, 2.45) is 0 Å². The summed E-state index contributed by atoms with van der Waals surface area (Å²) in [5.41, 5.74) is 3.13. The number of aromatic nitrogens is 4. The van der Waals surface area contributed by atoms with Crippen molar-refractivity contribution in [1.29, 1.82) is 0 Å². The smallest absolute Gasteiger partial charge is 0.433 e. The van der Waals surface area contributed by atoms with Crippen molar-refractivity contribution in [3.8, 4) is 11.1 Å². The molecule has 4 aromatic rings. The third kappa shape index (κ3) is 5.06. The number of halogens is 3. The molecule has 4 rings (SSSR count). The number of nitrogens with zero attached hydrogens (tertiary/aromatic N) is 4. The highest BCUT2D eigenvalue weighted by molar-refractivity contribution is 5.87. The molecule has 0 saturated heterocycles. The van der Waals surface area contributed by atoms with Crippen molar-refractivity contribution in [3.63, 3.8) is 0 Å². The molecule has 0 spiro atoms. The fraction of sp³-hybridized carbons (Fsp3) is 0.167. The van der Waals surface area contributed by atoms with Gasteiger partial charge in [0.1, 0.15) is 5.69 Å². The van der Waals surface area contributed by atoms with Gasteiger partial charge in [0, 0.05) is 23.6 Å². The van der Waals surface area contributed by atoms with E-state index in [9.17, 15) is 18.0 Å². The quantitative estimate of drug-likeness (QED) is 0.377. The number of carboxylic acid groups (broad SMARTS) is 1. The molecule has 0 radical (unpaired) electrons. The zero-order chi connectivity index (χ0) is 24.5. The van der Waals surface area contributed by atoms with Crippen molar-refractivity contribution in [1.82, 2.24) is 19.7 Å². The molecular weight excluding hydrogens is 447 g/mol. The number of carboxylic acids is 1. The van der Waals surface area contributed by atoms with E-state index < -0.39 is 17.8 Å². The Hall–Kier alpha value is -4.21. The van der Waals surface area contributed by atoms with Gasteiger partial charge in [-0.25, -0.2) is 14.8 Å². The van der Waals surface area contributed by atoms with Crippen molar-refractivity contribution < 1.29 is 23.1 Å². The molecule has 0 aliphatic heterocycles. The molecule has 2 heterocycles. The van der Waals surface area contributed by atoms with Gasteiger partial charge >= 0.3 is 12.1 Å². The lowest BCUT2D eigenvalue weighted by molar-refractivity contribution is -0.141. The number of benzene rings is 2. The van der Waals surface area contributed by atoms with Crippen LogP contribution in [0.4, 0.5) is 24.8 Å². The van der Waals surface area contributed by atoms with Gasteiger partial charge in [0.05, 0.1) is 17.8 Å². The Morgan fingerprint density at radius 3 is 2.50 bits per heavy atom. The van der Waals surface area contributed by atoms with Gasteiger partial charge in [-0.1, -0.05) is 18.2 Å². The van der Waals surface area contributed by atoms with Gasteiger partial charge in [0.15, 0.2) is 0 Å². The minimum absolute atomic E-state index is 0.141. The lowest BCUT2D eigenvalue weighted by atomic mass is 10.0. The second-order valence-corrected chi connectivity index (χ2v) is 7.79. The summed E-state index contributed by atoms with van der Waals surface area (Å²) in [5, 5.41) is 16.3. The molecule has 0 aliphatic carbocycles. The number of hydrogen-bond acceptors (Lipinski definition) is 5. The van der Waals surface area contributed by atoms with E-state index in [0.29, 0.717) is 5.69 Å². The van der Waals surface area contributed by atoms with Crippen LogP contribution >= 0.6 is 0 Å². The number of rotatable bonds is 6. The Kier molecular flexibility index (Phi) is 6.06. The predicted octanol–water partition coefficient (Wildman–Crippen LogP) is 5.72. The van der Waals surface area contributed by atoms with Crippen LogP contribution in [0.25, 0.3) is 11.1 Å². The summed E-state index contributed by atoms with van der Waals surface area (Å²) < 4.78 is 40.6. The average molecular weight is 467 g/mol. The highest BCUT2D eigenvalue weighted by atomic mass is 19.4. The molecule has 0 amide bonds. The van der Waals surface area contributed by atoms with E-state index in [4.69, 9.17) is 5.11 Å². The van der Waals surface area contributed by atoms with Crippen LogP contribution in [0.5, 0.6) is 0 Å². The van der Waals surface area contributed by atoms with E-state index >= 15 is 0 Å². The predicted molar refractivity (Wildman–Crippen MR) is 120 cm³/mol.